The summed E-state index contributed by atoms with van der Waals surface area (Å²) in [7, 11) is 1.72. The minimum atomic E-state index is 0.392. The summed E-state index contributed by atoms with van der Waals surface area (Å²) in [4.78, 5) is 0. The molecular weight excluding hydrogens is 400 g/mol. The van der Waals surface area contributed by atoms with E-state index in [2.05, 4.69) is 56.0 Å². The van der Waals surface area contributed by atoms with Crippen molar-refractivity contribution in [3.63, 3.8) is 0 Å². The third-order valence-corrected chi connectivity index (χ3v) is 4.33. The van der Waals surface area contributed by atoms with Crippen molar-refractivity contribution in [2.24, 2.45) is 10.2 Å². The predicted molar refractivity (Wildman–Crippen MR) is 132 cm³/mol. The maximum absolute atomic E-state index is 5.28. The van der Waals surface area contributed by atoms with Gasteiger partial charge >= 0.3 is 0 Å². The SMILES string of the molecule is CNC(=S)NN=C(C)C(C)=NNC(=S)Nc1ccc(C=Cc2ccccc2)cc1. The van der Waals surface area contributed by atoms with Crippen molar-refractivity contribution >= 4 is 63.9 Å². The maximum Gasteiger partial charge on any atom is 0.191 e. The van der Waals surface area contributed by atoms with Crippen LogP contribution in [0.3, 0.4) is 0 Å². The zero-order valence-corrected chi connectivity index (χ0v) is 18.2. The summed E-state index contributed by atoms with van der Waals surface area (Å²) in [6.07, 6.45) is 4.15. The Morgan fingerprint density at radius 2 is 1.28 bits per heavy atom. The van der Waals surface area contributed by atoms with Gasteiger partial charge in [-0.1, -0.05) is 54.6 Å². The van der Waals surface area contributed by atoms with E-state index in [1.807, 2.05) is 56.3 Å². The molecule has 0 unspecified atom stereocenters. The standard InChI is InChI=1S/C21H24N6S2/c1-15(24-26-20(28)22-3)16(2)25-27-21(29)23-19-13-11-18(12-14-19)10-9-17-7-5-4-6-8-17/h4-14H,1-3H3,(H2,22,26,28)(H2,23,27,29). The molecule has 8 heteroatoms. The van der Waals surface area contributed by atoms with Gasteiger partial charge in [-0.3, -0.25) is 10.9 Å². The lowest BCUT2D eigenvalue weighted by molar-refractivity contribution is 0.974. The van der Waals surface area contributed by atoms with Gasteiger partial charge in [0.25, 0.3) is 0 Å². The second-order valence-electron chi connectivity index (χ2n) is 6.02. The lowest BCUT2D eigenvalue weighted by Crippen LogP contribution is -2.30. The molecule has 0 radical (unpaired) electrons. The summed E-state index contributed by atoms with van der Waals surface area (Å²) in [6, 6.07) is 18.1. The van der Waals surface area contributed by atoms with E-state index in [0.717, 1.165) is 16.8 Å². The number of hydrogen-bond donors (Lipinski definition) is 4. The molecule has 0 saturated carbocycles. The quantitative estimate of drug-likeness (QED) is 0.243. The molecule has 0 aliphatic heterocycles. The van der Waals surface area contributed by atoms with Gasteiger partial charge in [0.15, 0.2) is 10.2 Å². The Kier molecular flexibility index (Phi) is 8.94. The Bertz CT molecular complexity index is 918. The summed E-state index contributed by atoms with van der Waals surface area (Å²) >= 11 is 10.3. The Morgan fingerprint density at radius 3 is 1.83 bits per heavy atom. The van der Waals surface area contributed by atoms with Crippen LogP contribution in [-0.2, 0) is 0 Å². The number of hydrazone groups is 2. The smallest absolute Gasteiger partial charge is 0.191 e. The van der Waals surface area contributed by atoms with Crippen molar-refractivity contribution in [3.05, 3.63) is 65.7 Å². The minimum absolute atomic E-state index is 0.392. The lowest BCUT2D eigenvalue weighted by Gasteiger charge is -2.08. The van der Waals surface area contributed by atoms with Gasteiger partial charge in [-0.2, -0.15) is 10.2 Å². The van der Waals surface area contributed by atoms with E-state index < -0.39 is 0 Å². The minimum Gasteiger partial charge on any atom is -0.364 e. The van der Waals surface area contributed by atoms with Crippen LogP contribution >= 0.6 is 24.4 Å². The monoisotopic (exact) mass is 424 g/mol. The van der Waals surface area contributed by atoms with Crippen molar-refractivity contribution in [1.82, 2.24) is 16.2 Å². The molecule has 0 atom stereocenters. The molecule has 2 rings (SSSR count). The molecule has 4 N–H and O–H groups in total. The van der Waals surface area contributed by atoms with Crippen molar-refractivity contribution < 1.29 is 0 Å². The number of hydrogen-bond acceptors (Lipinski definition) is 4. The van der Waals surface area contributed by atoms with Gasteiger partial charge in [0.05, 0.1) is 11.4 Å². The van der Waals surface area contributed by atoms with Crippen molar-refractivity contribution in [1.29, 1.82) is 0 Å². The lowest BCUT2D eigenvalue weighted by atomic mass is 10.1. The molecule has 0 heterocycles. The average Bonchev–Trinajstić information content (AvgIpc) is 2.75. The van der Waals surface area contributed by atoms with Gasteiger partial charge < -0.3 is 10.6 Å². The number of nitrogens with zero attached hydrogens (tertiary/aromatic N) is 2. The molecule has 0 saturated heterocycles. The Hall–Kier alpha value is -3.10. The number of rotatable bonds is 6. The van der Waals surface area contributed by atoms with E-state index in [0.29, 0.717) is 21.6 Å². The number of nitrogens with one attached hydrogen (secondary N) is 4. The van der Waals surface area contributed by atoms with Crippen molar-refractivity contribution in [2.45, 2.75) is 13.8 Å². The molecule has 0 spiro atoms. The first-order valence-electron chi connectivity index (χ1n) is 8.95. The van der Waals surface area contributed by atoms with Crippen LogP contribution in [0.15, 0.2) is 64.8 Å². The van der Waals surface area contributed by atoms with Crippen LogP contribution in [0.1, 0.15) is 25.0 Å². The average molecular weight is 425 g/mol. The van der Waals surface area contributed by atoms with E-state index in [1.165, 1.54) is 0 Å². The Balaban J connectivity index is 1.87. The zero-order chi connectivity index (χ0) is 21.1. The molecule has 0 fully saturated rings. The summed E-state index contributed by atoms with van der Waals surface area (Å²) < 4.78 is 0. The molecular formula is C21H24N6S2. The van der Waals surface area contributed by atoms with Crippen LogP contribution in [0.4, 0.5) is 5.69 Å². The highest BCUT2D eigenvalue weighted by atomic mass is 32.1. The molecule has 0 aliphatic rings. The largest absolute Gasteiger partial charge is 0.364 e. The molecule has 29 heavy (non-hydrogen) atoms. The fraction of sp³-hybridized carbons (Fsp3) is 0.143. The van der Waals surface area contributed by atoms with Crippen molar-refractivity contribution in [2.75, 3.05) is 12.4 Å². The van der Waals surface area contributed by atoms with Gasteiger partial charge in [-0.05, 0) is 61.5 Å². The highest BCUT2D eigenvalue weighted by Crippen LogP contribution is 2.12. The Morgan fingerprint density at radius 1 is 0.759 bits per heavy atom. The highest BCUT2D eigenvalue weighted by molar-refractivity contribution is 7.80. The molecule has 2 aromatic carbocycles. The first kappa shape index (κ1) is 22.2. The summed E-state index contributed by atoms with van der Waals surface area (Å²) in [6.45, 7) is 3.65. The van der Waals surface area contributed by atoms with Crippen LogP contribution in [0.5, 0.6) is 0 Å². The van der Waals surface area contributed by atoms with Crippen LogP contribution in [0.25, 0.3) is 12.2 Å². The summed E-state index contributed by atoms with van der Waals surface area (Å²) in [5.74, 6) is 0. The molecule has 0 bridgehead atoms. The second kappa shape index (κ2) is 11.7. The molecule has 2 aromatic rings. The van der Waals surface area contributed by atoms with Gasteiger partial charge in [0.1, 0.15) is 0 Å². The molecule has 0 aliphatic carbocycles. The fourth-order valence-electron chi connectivity index (χ4n) is 2.08. The van der Waals surface area contributed by atoms with Gasteiger partial charge in [-0.25, -0.2) is 0 Å². The van der Waals surface area contributed by atoms with Crippen molar-refractivity contribution in [3.8, 4) is 0 Å². The highest BCUT2D eigenvalue weighted by Gasteiger charge is 2.00. The summed E-state index contributed by atoms with van der Waals surface area (Å²) in [5.41, 5.74) is 10.0. The third-order valence-electron chi connectivity index (χ3n) is 3.84. The van der Waals surface area contributed by atoms with Crippen LogP contribution in [0.2, 0.25) is 0 Å². The summed E-state index contributed by atoms with van der Waals surface area (Å²) in [5, 5.41) is 15.1. The maximum atomic E-state index is 5.28. The van der Waals surface area contributed by atoms with Crippen LogP contribution in [0, 0.1) is 0 Å². The molecule has 150 valence electrons. The molecule has 0 amide bonds. The zero-order valence-electron chi connectivity index (χ0n) is 16.6. The number of thiocarbonyl (C=S) groups is 2. The van der Waals surface area contributed by atoms with Crippen LogP contribution < -0.4 is 21.5 Å². The number of benzene rings is 2. The van der Waals surface area contributed by atoms with E-state index in [4.69, 9.17) is 24.4 Å². The Labute approximate surface area is 182 Å². The van der Waals surface area contributed by atoms with Gasteiger partial charge in [0, 0.05) is 12.7 Å². The topological polar surface area (TPSA) is 72.8 Å². The van der Waals surface area contributed by atoms with Gasteiger partial charge in [-0.15, -0.1) is 0 Å². The van der Waals surface area contributed by atoms with Gasteiger partial charge in [0.2, 0.25) is 0 Å². The fourth-order valence-corrected chi connectivity index (χ4v) is 2.29. The first-order valence-corrected chi connectivity index (χ1v) is 9.76. The van der Waals surface area contributed by atoms with Crippen LogP contribution in [-0.4, -0.2) is 28.7 Å². The number of anilines is 1. The van der Waals surface area contributed by atoms with E-state index in [-0.39, 0.29) is 0 Å². The van der Waals surface area contributed by atoms with E-state index >= 15 is 0 Å². The molecule has 0 aromatic heterocycles. The first-order chi connectivity index (χ1) is 14.0. The molecule has 6 nitrogen and oxygen atoms in total. The second-order valence-corrected chi connectivity index (χ2v) is 6.83. The normalized spacial score (nSPS) is 11.8. The predicted octanol–water partition coefficient (Wildman–Crippen LogP) is 3.99. The van der Waals surface area contributed by atoms with E-state index in [9.17, 15) is 0 Å². The van der Waals surface area contributed by atoms with E-state index in [1.54, 1.807) is 7.05 Å². The third kappa shape index (κ3) is 8.20.